The van der Waals surface area contributed by atoms with E-state index in [9.17, 15) is 4.79 Å². The van der Waals surface area contributed by atoms with Crippen molar-refractivity contribution in [3.63, 3.8) is 0 Å². The first-order valence-electron chi connectivity index (χ1n) is 10.3. The Labute approximate surface area is 171 Å². The summed E-state index contributed by atoms with van der Waals surface area (Å²) in [4.78, 5) is 15.6. The van der Waals surface area contributed by atoms with Crippen molar-refractivity contribution in [3.05, 3.63) is 40.1 Å². The Kier molecular flexibility index (Phi) is 4.89. The van der Waals surface area contributed by atoms with E-state index in [-0.39, 0.29) is 5.41 Å². The first-order valence-corrected chi connectivity index (χ1v) is 10.3. The van der Waals surface area contributed by atoms with E-state index >= 15 is 0 Å². The highest BCUT2D eigenvalue weighted by molar-refractivity contribution is 5.65. The van der Waals surface area contributed by atoms with Crippen molar-refractivity contribution in [1.29, 1.82) is 0 Å². The smallest absolute Gasteiger partial charge is 0.279 e. The number of nitrogens with zero attached hydrogens (tertiary/aromatic N) is 4. The normalized spacial score (nSPS) is 15.3. The molecule has 0 fully saturated rings. The summed E-state index contributed by atoms with van der Waals surface area (Å²) < 4.78 is 7.73. The van der Waals surface area contributed by atoms with Gasteiger partial charge in [-0.15, -0.1) is 0 Å². The molecule has 1 aliphatic rings. The zero-order valence-corrected chi connectivity index (χ0v) is 17.9. The van der Waals surface area contributed by atoms with Gasteiger partial charge < -0.3 is 9.32 Å². The van der Waals surface area contributed by atoms with Crippen molar-refractivity contribution in [2.45, 2.75) is 66.8 Å². The molecule has 1 aromatic carbocycles. The second kappa shape index (κ2) is 7.25. The topological polar surface area (TPSA) is 73.8 Å². The Morgan fingerprint density at radius 1 is 1.24 bits per heavy atom. The molecule has 0 bridgehead atoms. The quantitative estimate of drug-likeness (QED) is 0.598. The second-order valence-corrected chi connectivity index (χ2v) is 8.81. The highest BCUT2D eigenvalue weighted by Gasteiger charge is 2.32. The third-order valence-electron chi connectivity index (χ3n) is 6.03. The predicted molar refractivity (Wildman–Crippen MR) is 112 cm³/mol. The molecule has 0 unspecified atom stereocenters. The molecule has 2 aromatic heterocycles. The van der Waals surface area contributed by atoms with Crippen LogP contribution in [-0.4, -0.2) is 26.2 Å². The summed E-state index contributed by atoms with van der Waals surface area (Å²) >= 11 is 0. The van der Waals surface area contributed by atoms with E-state index < -0.39 is 0 Å². The minimum Gasteiger partial charge on any atom is -0.332 e. The maximum Gasteiger partial charge on any atom is 0.279 e. The van der Waals surface area contributed by atoms with Gasteiger partial charge in [-0.25, -0.2) is 0 Å². The third kappa shape index (κ3) is 3.52. The van der Waals surface area contributed by atoms with E-state index in [1.54, 1.807) is 0 Å². The van der Waals surface area contributed by atoms with E-state index in [1.807, 2.05) is 26.0 Å². The van der Waals surface area contributed by atoms with Crippen LogP contribution in [0.3, 0.4) is 0 Å². The molecule has 0 aliphatic heterocycles. The van der Waals surface area contributed by atoms with Crippen LogP contribution in [0.25, 0.3) is 23.0 Å². The van der Waals surface area contributed by atoms with Crippen LogP contribution in [-0.2, 0) is 30.6 Å². The van der Waals surface area contributed by atoms with Crippen LogP contribution in [0, 0.1) is 19.3 Å². The zero-order chi connectivity index (χ0) is 20.8. The Morgan fingerprint density at radius 3 is 2.62 bits per heavy atom. The molecule has 0 amide bonds. The summed E-state index contributed by atoms with van der Waals surface area (Å²) in [6, 6.07) is 4.03. The molecule has 0 spiro atoms. The van der Waals surface area contributed by atoms with Gasteiger partial charge >= 0.3 is 0 Å². The molecule has 2 heterocycles. The molecule has 0 N–H and O–H groups in total. The third-order valence-corrected chi connectivity index (χ3v) is 6.03. The lowest BCUT2D eigenvalue weighted by molar-refractivity contribution is -0.107. The minimum absolute atomic E-state index is 0.287. The molecule has 1 aliphatic carbocycles. The van der Waals surface area contributed by atoms with Crippen molar-refractivity contribution >= 4 is 6.29 Å². The highest BCUT2D eigenvalue weighted by atomic mass is 16.5. The number of carbonyl (C=O) groups excluding carboxylic acids is 1. The molecule has 4 rings (SSSR count). The molecule has 6 nitrogen and oxygen atoms in total. The lowest BCUT2D eigenvalue weighted by Crippen LogP contribution is -2.24. The van der Waals surface area contributed by atoms with Gasteiger partial charge in [0.05, 0.1) is 0 Å². The van der Waals surface area contributed by atoms with Gasteiger partial charge in [-0.05, 0) is 74.3 Å². The number of hydrogen-bond donors (Lipinski definition) is 0. The van der Waals surface area contributed by atoms with Crippen LogP contribution in [0.5, 0.6) is 0 Å². The Balaban J connectivity index is 1.73. The number of hydrogen-bond acceptors (Lipinski definition) is 5. The molecule has 6 heteroatoms. The van der Waals surface area contributed by atoms with Crippen LogP contribution < -0.4 is 0 Å². The summed E-state index contributed by atoms with van der Waals surface area (Å²) in [7, 11) is 0. The molecule has 152 valence electrons. The van der Waals surface area contributed by atoms with Gasteiger partial charge in [-0.3, -0.25) is 4.68 Å². The average Bonchev–Trinajstić information content (AvgIpc) is 3.28. The van der Waals surface area contributed by atoms with Crippen molar-refractivity contribution in [1.82, 2.24) is 19.9 Å². The van der Waals surface area contributed by atoms with Gasteiger partial charge in [-0.2, -0.15) is 10.1 Å². The molecular formula is C23H28N4O2. The summed E-state index contributed by atoms with van der Waals surface area (Å²) in [5.41, 5.74) is 7.73. The van der Waals surface area contributed by atoms with Crippen LogP contribution >= 0.6 is 0 Å². The molecule has 29 heavy (non-hydrogen) atoms. The van der Waals surface area contributed by atoms with E-state index in [0.29, 0.717) is 18.1 Å². The van der Waals surface area contributed by atoms with Crippen molar-refractivity contribution in [3.8, 4) is 23.0 Å². The van der Waals surface area contributed by atoms with E-state index in [1.165, 1.54) is 11.3 Å². The Hall–Kier alpha value is -2.76. The first-order chi connectivity index (χ1) is 13.8. The number of carbonyl (C=O) groups is 1. The maximum atomic E-state index is 10.9. The fourth-order valence-corrected chi connectivity index (χ4v) is 4.40. The fraction of sp³-hybridized carbons (Fsp3) is 0.478. The summed E-state index contributed by atoms with van der Waals surface area (Å²) in [6.45, 7) is 11.6. The molecule has 0 atom stereocenters. The Bertz CT molecular complexity index is 1050. The standard InChI is InChI=1S/C23H28N4O2/c1-6-27-19-13-23(4,5)9-7-18(19)20(25-27)22-24-21(26-29-22)16-11-14(2)17(8-10-28)15(3)12-16/h10-12H,6-9,13H2,1-5H3. The molecule has 0 radical (unpaired) electrons. The van der Waals surface area contributed by atoms with Crippen LogP contribution in [0.1, 0.15) is 55.1 Å². The molecule has 0 saturated carbocycles. The number of benzene rings is 1. The highest BCUT2D eigenvalue weighted by Crippen LogP contribution is 2.39. The van der Waals surface area contributed by atoms with Crippen molar-refractivity contribution in [2.24, 2.45) is 5.41 Å². The van der Waals surface area contributed by atoms with Crippen LogP contribution in [0.2, 0.25) is 0 Å². The number of fused-ring (bicyclic) bond motifs is 1. The average molecular weight is 393 g/mol. The van der Waals surface area contributed by atoms with Crippen LogP contribution in [0.4, 0.5) is 0 Å². The summed E-state index contributed by atoms with van der Waals surface area (Å²) in [6.07, 6.45) is 4.48. The monoisotopic (exact) mass is 392 g/mol. The van der Waals surface area contributed by atoms with Crippen LogP contribution in [0.15, 0.2) is 16.7 Å². The SMILES string of the molecule is CCn1nc(-c2nc(-c3cc(C)c(CC=O)c(C)c3)no2)c2c1CC(C)(C)CC2. The van der Waals surface area contributed by atoms with E-state index in [4.69, 9.17) is 9.62 Å². The predicted octanol–water partition coefficient (Wildman–Crippen LogP) is 4.49. The molecular weight excluding hydrogens is 364 g/mol. The first kappa shape index (κ1) is 19.6. The molecule has 3 aromatic rings. The van der Waals surface area contributed by atoms with Crippen molar-refractivity contribution < 1.29 is 9.32 Å². The van der Waals surface area contributed by atoms with E-state index in [2.05, 4.69) is 35.6 Å². The second-order valence-electron chi connectivity index (χ2n) is 8.81. The zero-order valence-electron chi connectivity index (χ0n) is 17.9. The van der Waals surface area contributed by atoms with Gasteiger partial charge in [-0.1, -0.05) is 19.0 Å². The van der Waals surface area contributed by atoms with Gasteiger partial charge in [0.1, 0.15) is 6.29 Å². The number of aryl methyl sites for hydroxylation is 3. The van der Waals surface area contributed by atoms with Gasteiger partial charge in [0.25, 0.3) is 5.89 Å². The fourth-order valence-electron chi connectivity index (χ4n) is 4.40. The summed E-state index contributed by atoms with van der Waals surface area (Å²) in [5.74, 6) is 1.04. The lowest BCUT2D eigenvalue weighted by atomic mass is 9.76. The van der Waals surface area contributed by atoms with Gasteiger partial charge in [0, 0.05) is 29.8 Å². The number of rotatable bonds is 5. The Morgan fingerprint density at radius 2 is 1.97 bits per heavy atom. The minimum atomic E-state index is 0.287. The van der Waals surface area contributed by atoms with Crippen molar-refractivity contribution in [2.75, 3.05) is 0 Å². The maximum absolute atomic E-state index is 10.9. The largest absolute Gasteiger partial charge is 0.332 e. The molecule has 0 saturated heterocycles. The lowest BCUT2D eigenvalue weighted by Gasteiger charge is -2.30. The number of aldehydes is 1. The van der Waals surface area contributed by atoms with E-state index in [0.717, 1.165) is 60.0 Å². The van der Waals surface area contributed by atoms with Gasteiger partial charge in [0.2, 0.25) is 5.82 Å². The summed E-state index contributed by atoms with van der Waals surface area (Å²) in [5, 5.41) is 9.04. The van der Waals surface area contributed by atoms with Gasteiger partial charge in [0.15, 0.2) is 5.69 Å². The number of aromatic nitrogens is 4.